The number of hydrogen-bond acceptors (Lipinski definition) is 4. The molecule has 0 saturated heterocycles. The fraction of sp³-hybridized carbons (Fsp3) is 0.455. The highest BCUT2D eigenvalue weighted by atomic mass is 16.5. The standard InChI is InChI=1S/C11H17N3O2/c1-4-5-16-9-6-7(2)13-8(3)10(9)11(12)14-15/h6,15H,4-5H2,1-3H3,(H2,12,14). The van der Waals surface area contributed by atoms with Gasteiger partial charge in [0.05, 0.1) is 17.9 Å². The second-order valence-electron chi connectivity index (χ2n) is 3.56. The van der Waals surface area contributed by atoms with Crippen LogP contribution in [0.1, 0.15) is 30.3 Å². The van der Waals surface area contributed by atoms with Crippen LogP contribution in [0.3, 0.4) is 0 Å². The van der Waals surface area contributed by atoms with Crippen LogP contribution in [-0.2, 0) is 0 Å². The summed E-state index contributed by atoms with van der Waals surface area (Å²) in [6, 6.07) is 1.79. The second kappa shape index (κ2) is 5.34. The van der Waals surface area contributed by atoms with Crippen LogP contribution in [-0.4, -0.2) is 22.6 Å². The summed E-state index contributed by atoms with van der Waals surface area (Å²) in [7, 11) is 0. The summed E-state index contributed by atoms with van der Waals surface area (Å²) in [5, 5.41) is 11.7. The average Bonchev–Trinajstić information content (AvgIpc) is 2.24. The number of nitrogens with two attached hydrogens (primary N) is 1. The van der Waals surface area contributed by atoms with Crippen molar-refractivity contribution in [2.24, 2.45) is 10.9 Å². The van der Waals surface area contributed by atoms with E-state index in [0.29, 0.717) is 23.6 Å². The zero-order chi connectivity index (χ0) is 12.1. The number of ether oxygens (including phenoxy) is 1. The molecule has 5 nitrogen and oxygen atoms in total. The molecular weight excluding hydrogens is 206 g/mol. The van der Waals surface area contributed by atoms with Gasteiger partial charge in [0.1, 0.15) is 5.75 Å². The monoisotopic (exact) mass is 223 g/mol. The van der Waals surface area contributed by atoms with Crippen LogP contribution in [0.25, 0.3) is 0 Å². The van der Waals surface area contributed by atoms with E-state index in [0.717, 1.165) is 12.1 Å². The lowest BCUT2D eigenvalue weighted by atomic mass is 10.1. The molecule has 1 heterocycles. The number of oxime groups is 1. The van der Waals surface area contributed by atoms with Crippen LogP contribution >= 0.6 is 0 Å². The van der Waals surface area contributed by atoms with Crippen molar-refractivity contribution in [1.82, 2.24) is 4.98 Å². The molecule has 0 radical (unpaired) electrons. The predicted octanol–water partition coefficient (Wildman–Crippen LogP) is 1.58. The first-order valence-electron chi connectivity index (χ1n) is 5.19. The Balaban J connectivity index is 3.21. The molecule has 0 fully saturated rings. The van der Waals surface area contributed by atoms with E-state index in [4.69, 9.17) is 15.7 Å². The summed E-state index contributed by atoms with van der Waals surface area (Å²) in [5.74, 6) is 0.637. The van der Waals surface area contributed by atoms with Gasteiger partial charge in [-0.25, -0.2) is 0 Å². The second-order valence-corrected chi connectivity index (χ2v) is 3.56. The summed E-state index contributed by atoms with van der Waals surface area (Å²) in [5.41, 5.74) is 7.70. The number of amidine groups is 1. The lowest BCUT2D eigenvalue weighted by Crippen LogP contribution is -2.18. The molecule has 0 aliphatic carbocycles. The van der Waals surface area contributed by atoms with Crippen LogP contribution in [0.4, 0.5) is 0 Å². The van der Waals surface area contributed by atoms with Crippen LogP contribution in [0.5, 0.6) is 5.75 Å². The molecule has 0 aliphatic heterocycles. The highest BCUT2D eigenvalue weighted by Crippen LogP contribution is 2.22. The first-order valence-corrected chi connectivity index (χ1v) is 5.19. The SMILES string of the molecule is CCCOc1cc(C)nc(C)c1/C(N)=N/O. The van der Waals surface area contributed by atoms with E-state index < -0.39 is 0 Å². The van der Waals surface area contributed by atoms with Crippen LogP contribution in [0.2, 0.25) is 0 Å². The molecule has 0 unspecified atom stereocenters. The van der Waals surface area contributed by atoms with E-state index in [-0.39, 0.29) is 5.84 Å². The van der Waals surface area contributed by atoms with Crippen LogP contribution < -0.4 is 10.5 Å². The van der Waals surface area contributed by atoms with Gasteiger partial charge in [0.15, 0.2) is 5.84 Å². The Hall–Kier alpha value is -1.78. The first-order chi connectivity index (χ1) is 7.60. The fourth-order valence-corrected chi connectivity index (χ4v) is 1.48. The molecule has 0 saturated carbocycles. The van der Waals surface area contributed by atoms with E-state index in [2.05, 4.69) is 10.1 Å². The number of hydrogen-bond donors (Lipinski definition) is 2. The largest absolute Gasteiger partial charge is 0.493 e. The molecule has 0 bridgehead atoms. The minimum Gasteiger partial charge on any atom is -0.493 e. The maximum absolute atomic E-state index is 8.71. The van der Waals surface area contributed by atoms with Gasteiger partial charge in [0.2, 0.25) is 0 Å². The Morgan fingerprint density at radius 2 is 2.25 bits per heavy atom. The van der Waals surface area contributed by atoms with Crippen molar-refractivity contribution in [3.8, 4) is 5.75 Å². The summed E-state index contributed by atoms with van der Waals surface area (Å²) >= 11 is 0. The highest BCUT2D eigenvalue weighted by Gasteiger charge is 2.13. The topological polar surface area (TPSA) is 80.7 Å². The quantitative estimate of drug-likeness (QED) is 0.351. The molecule has 88 valence electrons. The molecule has 3 N–H and O–H groups in total. The molecule has 16 heavy (non-hydrogen) atoms. The van der Waals surface area contributed by atoms with Crippen LogP contribution in [0, 0.1) is 13.8 Å². The Bertz CT molecular complexity index is 402. The van der Waals surface area contributed by atoms with Gasteiger partial charge in [-0.1, -0.05) is 12.1 Å². The third kappa shape index (κ3) is 2.62. The molecule has 1 rings (SSSR count). The van der Waals surface area contributed by atoms with Gasteiger partial charge in [-0.15, -0.1) is 0 Å². The summed E-state index contributed by atoms with van der Waals surface area (Å²) < 4.78 is 5.56. The minimum atomic E-state index is 0.0242. The maximum Gasteiger partial charge on any atom is 0.175 e. The smallest absolute Gasteiger partial charge is 0.175 e. The number of aromatic nitrogens is 1. The Labute approximate surface area is 94.9 Å². The molecular formula is C11H17N3O2. The van der Waals surface area contributed by atoms with Crippen LogP contribution in [0.15, 0.2) is 11.2 Å². The number of pyridine rings is 1. The lowest BCUT2D eigenvalue weighted by molar-refractivity contribution is 0.311. The third-order valence-electron chi connectivity index (χ3n) is 2.12. The van der Waals surface area contributed by atoms with Gasteiger partial charge < -0.3 is 15.7 Å². The third-order valence-corrected chi connectivity index (χ3v) is 2.12. The zero-order valence-corrected chi connectivity index (χ0v) is 9.82. The van der Waals surface area contributed by atoms with Gasteiger partial charge in [0.25, 0.3) is 0 Å². The number of aryl methyl sites for hydroxylation is 2. The highest BCUT2D eigenvalue weighted by molar-refractivity contribution is 6.00. The average molecular weight is 223 g/mol. The molecule has 0 atom stereocenters. The van der Waals surface area contributed by atoms with Crippen molar-refractivity contribution in [2.75, 3.05) is 6.61 Å². The molecule has 5 heteroatoms. The van der Waals surface area contributed by atoms with E-state index in [1.54, 1.807) is 13.0 Å². The zero-order valence-electron chi connectivity index (χ0n) is 9.82. The normalized spacial score (nSPS) is 11.6. The van der Waals surface area contributed by atoms with Gasteiger partial charge in [0, 0.05) is 11.8 Å². The van der Waals surface area contributed by atoms with E-state index in [1.165, 1.54) is 0 Å². The molecule has 1 aromatic rings. The summed E-state index contributed by atoms with van der Waals surface area (Å²) in [6.07, 6.45) is 0.899. The first kappa shape index (κ1) is 12.3. The van der Waals surface area contributed by atoms with Crippen molar-refractivity contribution < 1.29 is 9.94 Å². The minimum absolute atomic E-state index is 0.0242. The Morgan fingerprint density at radius 3 is 2.81 bits per heavy atom. The molecule has 1 aromatic heterocycles. The Morgan fingerprint density at radius 1 is 1.56 bits per heavy atom. The van der Waals surface area contributed by atoms with Gasteiger partial charge >= 0.3 is 0 Å². The van der Waals surface area contributed by atoms with Crippen molar-refractivity contribution >= 4 is 5.84 Å². The van der Waals surface area contributed by atoms with Crippen molar-refractivity contribution in [2.45, 2.75) is 27.2 Å². The maximum atomic E-state index is 8.71. The van der Waals surface area contributed by atoms with Crippen molar-refractivity contribution in [3.05, 3.63) is 23.0 Å². The van der Waals surface area contributed by atoms with Gasteiger partial charge in [-0.05, 0) is 20.3 Å². The predicted molar refractivity (Wildman–Crippen MR) is 62.0 cm³/mol. The number of rotatable bonds is 4. The fourth-order valence-electron chi connectivity index (χ4n) is 1.48. The van der Waals surface area contributed by atoms with E-state index in [9.17, 15) is 0 Å². The van der Waals surface area contributed by atoms with Gasteiger partial charge in [-0.2, -0.15) is 0 Å². The molecule has 0 amide bonds. The summed E-state index contributed by atoms with van der Waals surface area (Å²) in [6.45, 7) is 6.29. The van der Waals surface area contributed by atoms with E-state index in [1.807, 2.05) is 13.8 Å². The molecule has 0 aromatic carbocycles. The summed E-state index contributed by atoms with van der Waals surface area (Å²) in [4.78, 5) is 4.26. The van der Waals surface area contributed by atoms with Crippen molar-refractivity contribution in [3.63, 3.8) is 0 Å². The molecule has 0 aliphatic rings. The van der Waals surface area contributed by atoms with E-state index >= 15 is 0 Å². The lowest BCUT2D eigenvalue weighted by Gasteiger charge is -2.12. The van der Waals surface area contributed by atoms with Crippen molar-refractivity contribution in [1.29, 1.82) is 0 Å². The molecule has 0 spiro atoms. The Kier molecular flexibility index (Phi) is 4.10. The van der Waals surface area contributed by atoms with Gasteiger partial charge in [-0.3, -0.25) is 4.98 Å². The number of nitrogens with zero attached hydrogens (tertiary/aromatic N) is 2.